The predicted octanol–water partition coefficient (Wildman–Crippen LogP) is 5.22. The number of nitrogens with zero attached hydrogens (tertiary/aromatic N) is 3. The van der Waals surface area contributed by atoms with Crippen LogP contribution in [0.3, 0.4) is 0 Å². The van der Waals surface area contributed by atoms with Crippen LogP contribution in [0.4, 0.5) is 0 Å². The minimum absolute atomic E-state index is 0.0294. The Morgan fingerprint density at radius 2 is 1.39 bits per heavy atom. The molecule has 0 N–H and O–H groups in total. The number of hydrogen-bond donors (Lipinski definition) is 0. The van der Waals surface area contributed by atoms with Gasteiger partial charge < -0.3 is 0 Å². The van der Waals surface area contributed by atoms with Crippen LogP contribution >= 0.6 is 11.8 Å². The first-order valence-corrected chi connectivity index (χ1v) is 12.6. The number of benzene rings is 4. The SMILES string of the molecule is Cc1ccc(SC([Se]c2ccccc2)(c2ccccc2)n2nnc3ccccc32)cc1. The topological polar surface area (TPSA) is 30.7 Å². The molecule has 0 fully saturated rings. The molecule has 1 unspecified atom stereocenters. The van der Waals surface area contributed by atoms with Crippen molar-refractivity contribution in [3.63, 3.8) is 0 Å². The molecule has 31 heavy (non-hydrogen) atoms. The van der Waals surface area contributed by atoms with Gasteiger partial charge in [-0.3, -0.25) is 0 Å². The van der Waals surface area contributed by atoms with E-state index in [1.54, 1.807) is 0 Å². The molecule has 0 spiro atoms. The molecular formula is C26H21N3SSe. The summed E-state index contributed by atoms with van der Waals surface area (Å²) >= 11 is 1.88. The minimum atomic E-state index is -0.430. The van der Waals surface area contributed by atoms with E-state index < -0.39 is 3.77 Å². The number of hydrogen-bond acceptors (Lipinski definition) is 3. The van der Waals surface area contributed by atoms with Gasteiger partial charge in [-0.25, -0.2) is 0 Å². The van der Waals surface area contributed by atoms with Crippen LogP contribution in [0.2, 0.25) is 0 Å². The van der Waals surface area contributed by atoms with E-state index in [2.05, 4.69) is 114 Å². The van der Waals surface area contributed by atoms with E-state index in [0.29, 0.717) is 0 Å². The summed E-state index contributed by atoms with van der Waals surface area (Å²) in [5.74, 6) is 0. The van der Waals surface area contributed by atoms with Crippen molar-refractivity contribution in [3.8, 4) is 0 Å². The number of aryl methyl sites for hydroxylation is 1. The van der Waals surface area contributed by atoms with Crippen LogP contribution in [-0.4, -0.2) is 30.0 Å². The van der Waals surface area contributed by atoms with Crippen molar-refractivity contribution in [2.24, 2.45) is 0 Å². The van der Waals surface area contributed by atoms with Crippen molar-refractivity contribution < 1.29 is 0 Å². The van der Waals surface area contributed by atoms with Crippen LogP contribution in [0, 0.1) is 6.92 Å². The van der Waals surface area contributed by atoms with E-state index in [1.807, 2.05) is 23.9 Å². The first-order chi connectivity index (χ1) is 15.2. The molecule has 1 heterocycles. The molecule has 1 aromatic heterocycles. The van der Waals surface area contributed by atoms with Crippen molar-refractivity contribution in [1.82, 2.24) is 15.0 Å². The zero-order chi connectivity index (χ0) is 21.1. The maximum atomic E-state index is 4.72. The fraction of sp³-hybridized carbons (Fsp3) is 0.0769. The molecule has 5 rings (SSSR count). The molecule has 0 aliphatic carbocycles. The van der Waals surface area contributed by atoms with Gasteiger partial charge in [-0.1, -0.05) is 0 Å². The fourth-order valence-electron chi connectivity index (χ4n) is 3.50. The molecule has 0 saturated carbocycles. The zero-order valence-corrected chi connectivity index (χ0v) is 19.6. The Morgan fingerprint density at radius 1 is 0.742 bits per heavy atom. The monoisotopic (exact) mass is 487 g/mol. The summed E-state index contributed by atoms with van der Waals surface area (Å²) in [7, 11) is 0. The Hall–Kier alpha value is -2.85. The summed E-state index contributed by atoms with van der Waals surface area (Å²) < 4.78 is 3.02. The van der Waals surface area contributed by atoms with E-state index in [0.717, 1.165) is 11.0 Å². The summed E-state index contributed by atoms with van der Waals surface area (Å²) in [6.07, 6.45) is 0. The molecule has 0 aliphatic heterocycles. The summed E-state index contributed by atoms with van der Waals surface area (Å²) in [4.78, 5) is 1.21. The second-order valence-electron chi connectivity index (χ2n) is 7.27. The second kappa shape index (κ2) is 8.72. The summed E-state index contributed by atoms with van der Waals surface area (Å²) in [5, 5.41) is 9.23. The van der Waals surface area contributed by atoms with E-state index in [4.69, 9.17) is 5.21 Å². The van der Waals surface area contributed by atoms with Gasteiger partial charge in [-0.05, 0) is 0 Å². The quantitative estimate of drug-likeness (QED) is 0.244. The molecule has 152 valence electrons. The average Bonchev–Trinajstić information content (AvgIpc) is 3.26. The third-order valence-corrected chi connectivity index (χ3v) is 9.70. The third kappa shape index (κ3) is 4.05. The van der Waals surface area contributed by atoms with Crippen molar-refractivity contribution in [2.45, 2.75) is 15.6 Å². The van der Waals surface area contributed by atoms with Crippen LogP contribution in [0.1, 0.15) is 11.1 Å². The predicted molar refractivity (Wildman–Crippen MR) is 130 cm³/mol. The summed E-state index contributed by atoms with van der Waals surface area (Å²) in [5.41, 5.74) is 4.44. The number of aromatic nitrogens is 3. The Morgan fingerprint density at radius 3 is 2.13 bits per heavy atom. The number of para-hydroxylation sites is 1. The van der Waals surface area contributed by atoms with Crippen molar-refractivity contribution >= 4 is 42.2 Å². The second-order valence-corrected chi connectivity index (χ2v) is 11.8. The van der Waals surface area contributed by atoms with Crippen molar-refractivity contribution in [2.75, 3.05) is 0 Å². The molecule has 0 bridgehead atoms. The average molecular weight is 487 g/mol. The first-order valence-electron chi connectivity index (χ1n) is 10.1. The van der Waals surface area contributed by atoms with Crippen LogP contribution in [-0.2, 0) is 3.77 Å². The van der Waals surface area contributed by atoms with E-state index >= 15 is 0 Å². The van der Waals surface area contributed by atoms with Gasteiger partial charge in [0.05, 0.1) is 0 Å². The molecule has 4 aromatic carbocycles. The number of rotatable bonds is 6. The third-order valence-electron chi connectivity index (χ3n) is 5.05. The van der Waals surface area contributed by atoms with Gasteiger partial charge >= 0.3 is 193 Å². The maximum absolute atomic E-state index is 4.72. The van der Waals surface area contributed by atoms with Crippen LogP contribution in [0.25, 0.3) is 11.0 Å². The molecule has 0 saturated heterocycles. The van der Waals surface area contributed by atoms with Crippen LogP contribution < -0.4 is 4.46 Å². The van der Waals surface area contributed by atoms with Crippen molar-refractivity contribution in [1.29, 1.82) is 0 Å². The standard InChI is InChI=1S/C26H21N3SSe/c1-20-16-18-22(19-17-20)30-26(21-10-4-2-5-11-21,31-23-12-6-3-7-13-23)29-25-15-9-8-14-24(25)27-28-29/h2-19H,1H3. The van der Waals surface area contributed by atoms with E-state index in [1.165, 1.54) is 20.5 Å². The molecule has 0 radical (unpaired) electrons. The Balaban J connectivity index is 1.76. The Bertz CT molecular complexity index is 1290. The zero-order valence-electron chi connectivity index (χ0n) is 17.1. The van der Waals surface area contributed by atoms with E-state index in [-0.39, 0.29) is 15.0 Å². The van der Waals surface area contributed by atoms with Gasteiger partial charge in [0.25, 0.3) is 0 Å². The van der Waals surface area contributed by atoms with Gasteiger partial charge in [-0.15, -0.1) is 0 Å². The molecule has 0 amide bonds. The first kappa shape index (κ1) is 20.1. The summed E-state index contributed by atoms with van der Waals surface area (Å²) in [6, 6.07) is 38.4. The van der Waals surface area contributed by atoms with Gasteiger partial charge in [-0.2, -0.15) is 0 Å². The molecular weight excluding hydrogens is 465 g/mol. The van der Waals surface area contributed by atoms with Crippen LogP contribution in [0.5, 0.6) is 0 Å². The van der Waals surface area contributed by atoms with E-state index in [9.17, 15) is 0 Å². The van der Waals surface area contributed by atoms with Gasteiger partial charge in [0.2, 0.25) is 0 Å². The normalized spacial score (nSPS) is 13.2. The van der Waals surface area contributed by atoms with Crippen molar-refractivity contribution in [3.05, 3.63) is 120 Å². The summed E-state index contributed by atoms with van der Waals surface area (Å²) in [6.45, 7) is 2.12. The Kier molecular flexibility index (Phi) is 5.64. The fourth-order valence-corrected chi connectivity index (χ4v) is 8.26. The molecule has 5 aromatic rings. The number of fused-ring (bicyclic) bond motifs is 1. The van der Waals surface area contributed by atoms with Gasteiger partial charge in [0.1, 0.15) is 0 Å². The molecule has 1 atom stereocenters. The molecule has 0 aliphatic rings. The Labute approximate surface area is 192 Å². The number of thioether (sulfide) groups is 1. The molecule has 5 heteroatoms. The molecule has 3 nitrogen and oxygen atoms in total. The van der Waals surface area contributed by atoms with Crippen LogP contribution in [0.15, 0.2) is 114 Å². The van der Waals surface area contributed by atoms with Gasteiger partial charge in [0.15, 0.2) is 0 Å². The van der Waals surface area contributed by atoms with Gasteiger partial charge in [0, 0.05) is 0 Å².